The molecule has 1 N–H and O–H groups in total. The summed E-state index contributed by atoms with van der Waals surface area (Å²) in [6.45, 7) is 1.29. The Balaban J connectivity index is 1.51. The van der Waals surface area contributed by atoms with E-state index in [1.165, 1.54) is 5.56 Å². The standard InChI is InChI=1S/C30H30N2O4/c1-31(18-17-23-9-4-2-5-10-23)29(33)21-32-20-25(13-8-14-30(34)35)27-19-26(15-16-28(27)32)36-22-24-11-6-3-7-12-24/h2-12,14-16,19-20H,13,17-18,21-22H2,1H3,(H,34,35). The molecule has 0 aliphatic heterocycles. The second-order valence-corrected chi connectivity index (χ2v) is 8.73. The van der Waals surface area contributed by atoms with Gasteiger partial charge in [0.2, 0.25) is 5.91 Å². The number of nitrogens with zero attached hydrogens (tertiary/aromatic N) is 2. The molecule has 4 rings (SSSR count). The van der Waals surface area contributed by atoms with Gasteiger partial charge in [-0.25, -0.2) is 4.79 Å². The van der Waals surface area contributed by atoms with Crippen LogP contribution in [0.3, 0.4) is 0 Å². The largest absolute Gasteiger partial charge is 0.489 e. The zero-order chi connectivity index (χ0) is 25.3. The molecule has 3 aromatic carbocycles. The van der Waals surface area contributed by atoms with Crippen molar-refractivity contribution < 1.29 is 19.4 Å². The number of hydrogen-bond acceptors (Lipinski definition) is 3. The van der Waals surface area contributed by atoms with E-state index in [0.717, 1.165) is 40.3 Å². The monoisotopic (exact) mass is 482 g/mol. The molecule has 0 aliphatic rings. The Morgan fingerprint density at radius 3 is 2.36 bits per heavy atom. The van der Waals surface area contributed by atoms with Crippen molar-refractivity contribution in [1.82, 2.24) is 9.47 Å². The normalized spacial score (nSPS) is 11.1. The molecule has 0 radical (unpaired) electrons. The maximum Gasteiger partial charge on any atom is 0.327 e. The summed E-state index contributed by atoms with van der Waals surface area (Å²) >= 11 is 0. The number of allylic oxidation sites excluding steroid dienone is 1. The van der Waals surface area contributed by atoms with E-state index in [9.17, 15) is 9.59 Å². The van der Waals surface area contributed by atoms with Crippen LogP contribution in [0, 0.1) is 0 Å². The van der Waals surface area contributed by atoms with Crippen LogP contribution in [0.2, 0.25) is 0 Å². The van der Waals surface area contributed by atoms with E-state index in [1.807, 2.05) is 84.5 Å². The Morgan fingerprint density at radius 1 is 0.972 bits per heavy atom. The number of ether oxygens (including phenoxy) is 1. The molecule has 6 nitrogen and oxygen atoms in total. The summed E-state index contributed by atoms with van der Waals surface area (Å²) in [5.74, 6) is -0.250. The Bertz CT molecular complexity index is 1340. The van der Waals surface area contributed by atoms with Crippen LogP contribution in [-0.2, 0) is 35.6 Å². The molecule has 6 heteroatoms. The van der Waals surface area contributed by atoms with E-state index in [4.69, 9.17) is 9.84 Å². The smallest absolute Gasteiger partial charge is 0.327 e. The number of likely N-dealkylation sites (N-methyl/N-ethyl adjacent to an activating group) is 1. The van der Waals surface area contributed by atoms with Crippen molar-refractivity contribution in [3.63, 3.8) is 0 Å². The lowest BCUT2D eigenvalue weighted by Gasteiger charge is -2.18. The van der Waals surface area contributed by atoms with E-state index < -0.39 is 5.97 Å². The number of carboxylic acids is 1. The summed E-state index contributed by atoms with van der Waals surface area (Å²) < 4.78 is 7.94. The Labute approximate surface area is 211 Å². The highest BCUT2D eigenvalue weighted by Crippen LogP contribution is 2.27. The summed E-state index contributed by atoms with van der Waals surface area (Å²) in [7, 11) is 1.82. The van der Waals surface area contributed by atoms with Gasteiger partial charge in [0, 0.05) is 36.8 Å². The molecule has 0 fully saturated rings. The average Bonchev–Trinajstić information content (AvgIpc) is 3.23. The van der Waals surface area contributed by atoms with Crippen molar-refractivity contribution >= 4 is 22.8 Å². The minimum Gasteiger partial charge on any atom is -0.489 e. The number of amides is 1. The van der Waals surface area contributed by atoms with Gasteiger partial charge in [0.25, 0.3) is 0 Å². The molecule has 0 atom stereocenters. The summed E-state index contributed by atoms with van der Waals surface area (Å²) in [5, 5.41) is 9.92. The molecular weight excluding hydrogens is 452 g/mol. The first-order chi connectivity index (χ1) is 17.5. The fraction of sp³-hybridized carbons (Fsp3) is 0.200. The highest BCUT2D eigenvalue weighted by Gasteiger charge is 2.15. The summed E-state index contributed by atoms with van der Waals surface area (Å²) in [5.41, 5.74) is 4.11. The van der Waals surface area contributed by atoms with E-state index in [-0.39, 0.29) is 12.5 Å². The first kappa shape index (κ1) is 24.8. The quantitative estimate of drug-likeness (QED) is 0.302. The van der Waals surface area contributed by atoms with Crippen molar-refractivity contribution in [3.8, 4) is 5.75 Å². The van der Waals surface area contributed by atoms with Gasteiger partial charge in [-0.3, -0.25) is 4.79 Å². The van der Waals surface area contributed by atoms with Crippen LogP contribution >= 0.6 is 0 Å². The predicted octanol–water partition coefficient (Wildman–Crippen LogP) is 5.10. The van der Waals surface area contributed by atoms with Crippen LogP contribution in [0.5, 0.6) is 5.75 Å². The number of rotatable bonds is 11. The molecule has 1 amide bonds. The molecule has 36 heavy (non-hydrogen) atoms. The van der Waals surface area contributed by atoms with Gasteiger partial charge in [0.05, 0.1) is 0 Å². The van der Waals surface area contributed by atoms with Crippen molar-refractivity contribution in [2.75, 3.05) is 13.6 Å². The number of carbonyl (C=O) groups is 2. The van der Waals surface area contributed by atoms with Crippen LogP contribution in [-0.4, -0.2) is 40.0 Å². The number of fused-ring (bicyclic) bond motifs is 1. The Hall–Kier alpha value is -4.32. The molecule has 0 saturated heterocycles. The maximum atomic E-state index is 13.0. The molecule has 1 aromatic heterocycles. The van der Waals surface area contributed by atoms with Gasteiger partial charge < -0.3 is 19.3 Å². The fourth-order valence-corrected chi connectivity index (χ4v) is 4.09. The lowest BCUT2D eigenvalue weighted by Crippen LogP contribution is -2.31. The second-order valence-electron chi connectivity index (χ2n) is 8.73. The van der Waals surface area contributed by atoms with Crippen LogP contribution in [0.15, 0.2) is 97.2 Å². The second kappa shape index (κ2) is 11.9. The van der Waals surface area contributed by atoms with E-state index in [0.29, 0.717) is 19.6 Å². The van der Waals surface area contributed by atoms with Crippen molar-refractivity contribution in [2.24, 2.45) is 0 Å². The van der Waals surface area contributed by atoms with Crippen LogP contribution in [0.1, 0.15) is 16.7 Å². The van der Waals surface area contributed by atoms with Crippen molar-refractivity contribution in [2.45, 2.75) is 26.0 Å². The molecular formula is C30H30N2O4. The van der Waals surface area contributed by atoms with Crippen molar-refractivity contribution in [3.05, 3.63) is 114 Å². The number of carboxylic acid groups (broad SMARTS) is 1. The lowest BCUT2D eigenvalue weighted by atomic mass is 10.1. The Kier molecular flexibility index (Phi) is 8.19. The summed E-state index contributed by atoms with van der Waals surface area (Å²) in [6, 6.07) is 25.9. The Morgan fingerprint density at radius 2 is 1.67 bits per heavy atom. The third kappa shape index (κ3) is 6.63. The molecule has 0 aliphatic carbocycles. The van der Waals surface area contributed by atoms with E-state index >= 15 is 0 Å². The predicted molar refractivity (Wildman–Crippen MR) is 141 cm³/mol. The number of benzene rings is 3. The summed E-state index contributed by atoms with van der Waals surface area (Å²) in [4.78, 5) is 25.7. The third-order valence-corrected chi connectivity index (χ3v) is 6.09. The zero-order valence-electron chi connectivity index (χ0n) is 20.3. The highest BCUT2D eigenvalue weighted by atomic mass is 16.5. The van der Waals surface area contributed by atoms with Gasteiger partial charge in [-0.1, -0.05) is 66.7 Å². The van der Waals surface area contributed by atoms with Gasteiger partial charge in [-0.05, 0) is 47.7 Å². The summed E-state index contributed by atoms with van der Waals surface area (Å²) in [6.07, 6.45) is 5.92. The van der Waals surface area contributed by atoms with Gasteiger partial charge in [-0.15, -0.1) is 0 Å². The number of aromatic nitrogens is 1. The minimum atomic E-state index is -0.985. The molecule has 0 saturated carbocycles. The van der Waals surface area contributed by atoms with Crippen LogP contribution in [0.25, 0.3) is 10.9 Å². The van der Waals surface area contributed by atoms with Gasteiger partial charge in [-0.2, -0.15) is 0 Å². The number of hydrogen-bond donors (Lipinski definition) is 1. The van der Waals surface area contributed by atoms with E-state index in [2.05, 4.69) is 12.1 Å². The highest BCUT2D eigenvalue weighted by molar-refractivity contribution is 5.88. The molecule has 1 heterocycles. The van der Waals surface area contributed by atoms with E-state index in [1.54, 1.807) is 11.0 Å². The molecule has 0 bridgehead atoms. The maximum absolute atomic E-state index is 13.0. The lowest BCUT2D eigenvalue weighted by molar-refractivity contribution is -0.131. The molecule has 184 valence electrons. The van der Waals surface area contributed by atoms with Gasteiger partial charge >= 0.3 is 5.97 Å². The molecule has 0 spiro atoms. The zero-order valence-corrected chi connectivity index (χ0v) is 20.3. The first-order valence-corrected chi connectivity index (χ1v) is 12.0. The SMILES string of the molecule is CN(CCc1ccccc1)C(=O)Cn1cc(CC=CC(=O)O)c2cc(OCc3ccccc3)ccc21. The first-order valence-electron chi connectivity index (χ1n) is 12.0. The van der Waals surface area contributed by atoms with Crippen LogP contribution in [0.4, 0.5) is 0 Å². The third-order valence-electron chi connectivity index (χ3n) is 6.09. The van der Waals surface area contributed by atoms with Crippen LogP contribution < -0.4 is 4.74 Å². The van der Waals surface area contributed by atoms with Gasteiger partial charge in [0.15, 0.2) is 0 Å². The average molecular weight is 483 g/mol. The van der Waals surface area contributed by atoms with Crippen molar-refractivity contribution in [1.29, 1.82) is 0 Å². The minimum absolute atomic E-state index is 0.0138. The molecule has 4 aromatic rings. The molecule has 0 unspecified atom stereocenters. The number of carbonyl (C=O) groups excluding carboxylic acids is 1. The topological polar surface area (TPSA) is 71.8 Å². The number of aliphatic carboxylic acids is 1. The van der Waals surface area contributed by atoms with Gasteiger partial charge in [0.1, 0.15) is 18.9 Å². The fourth-order valence-electron chi connectivity index (χ4n) is 4.09.